The Labute approximate surface area is 79.7 Å². The Morgan fingerprint density at radius 2 is 1.85 bits per heavy atom. The Morgan fingerprint density at radius 3 is 2.38 bits per heavy atom. The van der Waals surface area contributed by atoms with Gasteiger partial charge in [-0.3, -0.25) is 0 Å². The second kappa shape index (κ2) is 3.29. The van der Waals surface area contributed by atoms with Crippen LogP contribution in [0.1, 0.15) is 26.3 Å². The van der Waals surface area contributed by atoms with Crippen LogP contribution >= 0.6 is 0 Å². The molecule has 2 N–H and O–H groups in total. The van der Waals surface area contributed by atoms with Crippen molar-refractivity contribution in [2.24, 2.45) is 0 Å². The van der Waals surface area contributed by atoms with Crippen molar-refractivity contribution in [1.29, 1.82) is 0 Å². The van der Waals surface area contributed by atoms with Crippen molar-refractivity contribution in [3.63, 3.8) is 0 Å². The maximum atomic E-state index is 5.73. The highest BCUT2D eigenvalue weighted by Gasteiger charge is 2.13. The zero-order chi connectivity index (χ0) is 10.1. The van der Waals surface area contributed by atoms with E-state index in [0.29, 0.717) is 0 Å². The minimum atomic E-state index is -0.168. The predicted molar refractivity (Wildman–Crippen MR) is 56.0 cm³/mol. The second-order valence-corrected chi connectivity index (χ2v) is 4.24. The van der Waals surface area contributed by atoms with E-state index >= 15 is 0 Å². The van der Waals surface area contributed by atoms with Gasteiger partial charge in [0.1, 0.15) is 11.4 Å². The highest BCUT2D eigenvalue weighted by molar-refractivity contribution is 5.48. The summed E-state index contributed by atoms with van der Waals surface area (Å²) in [6.07, 6.45) is 0. The molecule has 1 aromatic carbocycles. The van der Waals surface area contributed by atoms with Gasteiger partial charge in [0.05, 0.1) is 0 Å². The molecule has 0 bridgehead atoms. The van der Waals surface area contributed by atoms with Gasteiger partial charge < -0.3 is 10.5 Å². The van der Waals surface area contributed by atoms with Gasteiger partial charge in [-0.25, -0.2) is 0 Å². The number of ether oxygens (including phenoxy) is 1. The lowest BCUT2D eigenvalue weighted by atomic mass is 10.1. The third-order valence-corrected chi connectivity index (χ3v) is 1.63. The number of rotatable bonds is 1. The molecule has 1 rings (SSSR count). The lowest BCUT2D eigenvalue weighted by Crippen LogP contribution is -2.23. The zero-order valence-electron chi connectivity index (χ0n) is 8.72. The molecule has 13 heavy (non-hydrogen) atoms. The minimum Gasteiger partial charge on any atom is -0.488 e. The lowest BCUT2D eigenvalue weighted by Gasteiger charge is -2.22. The predicted octanol–water partition coefficient (Wildman–Crippen LogP) is 2.75. The first-order valence-electron chi connectivity index (χ1n) is 4.43. The Bertz CT molecular complexity index is 299. The van der Waals surface area contributed by atoms with Crippen molar-refractivity contribution in [3.8, 4) is 5.75 Å². The minimum absolute atomic E-state index is 0.168. The molecule has 0 spiro atoms. The van der Waals surface area contributed by atoms with Crippen molar-refractivity contribution in [2.75, 3.05) is 5.73 Å². The molecule has 0 aromatic heterocycles. The number of nitrogens with two attached hydrogens (primary N) is 1. The van der Waals surface area contributed by atoms with Gasteiger partial charge in [0.25, 0.3) is 0 Å². The maximum absolute atomic E-state index is 5.73. The molecule has 0 aliphatic carbocycles. The molecule has 0 aliphatic rings. The van der Waals surface area contributed by atoms with Crippen molar-refractivity contribution in [1.82, 2.24) is 0 Å². The van der Waals surface area contributed by atoms with Gasteiger partial charge in [-0.15, -0.1) is 0 Å². The third-order valence-electron chi connectivity index (χ3n) is 1.63. The van der Waals surface area contributed by atoms with Crippen LogP contribution in [0.2, 0.25) is 0 Å². The topological polar surface area (TPSA) is 35.2 Å². The quantitative estimate of drug-likeness (QED) is 0.673. The van der Waals surface area contributed by atoms with Gasteiger partial charge in [-0.2, -0.15) is 0 Å². The summed E-state index contributed by atoms with van der Waals surface area (Å²) in [7, 11) is 0. The van der Waals surface area contributed by atoms with Gasteiger partial charge >= 0.3 is 0 Å². The van der Waals surface area contributed by atoms with E-state index < -0.39 is 0 Å². The molecule has 2 heteroatoms. The summed E-state index contributed by atoms with van der Waals surface area (Å²) in [5.74, 6) is 0.868. The molecule has 0 amide bonds. The number of aryl methyl sites for hydroxylation is 1. The van der Waals surface area contributed by atoms with Crippen molar-refractivity contribution >= 4 is 5.69 Å². The average Bonchev–Trinajstić information content (AvgIpc) is 1.94. The molecule has 2 nitrogen and oxygen atoms in total. The fourth-order valence-electron chi connectivity index (χ4n) is 1.06. The van der Waals surface area contributed by atoms with E-state index in [9.17, 15) is 0 Å². The van der Waals surface area contributed by atoms with Gasteiger partial charge in [-0.05, 0) is 39.3 Å². The highest BCUT2D eigenvalue weighted by Crippen LogP contribution is 2.24. The third kappa shape index (κ3) is 2.98. The number of benzene rings is 1. The molecule has 0 saturated carbocycles. The van der Waals surface area contributed by atoms with Gasteiger partial charge in [-0.1, -0.05) is 6.07 Å². The largest absolute Gasteiger partial charge is 0.488 e. The molecule has 0 atom stereocenters. The molecule has 72 valence electrons. The standard InChI is InChI=1S/C11H17NO/c1-8-5-6-9(12)7-10(8)13-11(2,3)4/h5-7H,12H2,1-4H3. The Kier molecular flexibility index (Phi) is 2.50. The van der Waals surface area contributed by atoms with Crippen LogP contribution in [0.3, 0.4) is 0 Å². The first-order chi connectivity index (χ1) is 5.88. The lowest BCUT2D eigenvalue weighted by molar-refractivity contribution is 0.130. The fourth-order valence-corrected chi connectivity index (χ4v) is 1.06. The first kappa shape index (κ1) is 9.90. The van der Waals surface area contributed by atoms with Crippen LogP contribution in [0.15, 0.2) is 18.2 Å². The SMILES string of the molecule is Cc1ccc(N)cc1OC(C)(C)C. The molecule has 0 unspecified atom stereocenters. The summed E-state index contributed by atoms with van der Waals surface area (Å²) >= 11 is 0. The van der Waals surface area contributed by atoms with E-state index in [0.717, 1.165) is 17.0 Å². The van der Waals surface area contributed by atoms with E-state index in [1.54, 1.807) is 0 Å². The summed E-state index contributed by atoms with van der Waals surface area (Å²) in [5, 5.41) is 0. The van der Waals surface area contributed by atoms with Crippen LogP contribution in [0, 0.1) is 6.92 Å². The highest BCUT2D eigenvalue weighted by atomic mass is 16.5. The Balaban J connectivity index is 2.94. The van der Waals surface area contributed by atoms with Gasteiger partial charge in [0.15, 0.2) is 0 Å². The van der Waals surface area contributed by atoms with Crippen LogP contribution in [0.25, 0.3) is 0 Å². The summed E-state index contributed by atoms with van der Waals surface area (Å²) in [6.45, 7) is 8.08. The summed E-state index contributed by atoms with van der Waals surface area (Å²) in [5.41, 5.74) is 7.35. The van der Waals surface area contributed by atoms with Gasteiger partial charge in [0, 0.05) is 11.8 Å². The second-order valence-electron chi connectivity index (χ2n) is 4.24. The van der Waals surface area contributed by atoms with Crippen LogP contribution in [0.5, 0.6) is 5.75 Å². The van der Waals surface area contributed by atoms with E-state index in [-0.39, 0.29) is 5.60 Å². The molecule has 0 saturated heterocycles. The normalized spacial score (nSPS) is 11.4. The van der Waals surface area contributed by atoms with Crippen molar-refractivity contribution < 1.29 is 4.74 Å². The van der Waals surface area contributed by atoms with Crippen molar-refractivity contribution in [2.45, 2.75) is 33.3 Å². The van der Waals surface area contributed by atoms with Crippen molar-refractivity contribution in [3.05, 3.63) is 23.8 Å². The molecule has 0 fully saturated rings. The Morgan fingerprint density at radius 1 is 1.23 bits per heavy atom. The zero-order valence-corrected chi connectivity index (χ0v) is 8.72. The molecule has 0 heterocycles. The van der Waals surface area contributed by atoms with Crippen LogP contribution in [-0.4, -0.2) is 5.60 Å². The monoisotopic (exact) mass is 179 g/mol. The van der Waals surface area contributed by atoms with Crippen LogP contribution in [0.4, 0.5) is 5.69 Å². The van der Waals surface area contributed by atoms with E-state index in [1.165, 1.54) is 0 Å². The number of hydrogen-bond acceptors (Lipinski definition) is 2. The van der Waals surface area contributed by atoms with E-state index in [1.807, 2.05) is 45.9 Å². The molecule has 0 aliphatic heterocycles. The summed E-state index contributed by atoms with van der Waals surface area (Å²) in [6, 6.07) is 5.71. The fraction of sp³-hybridized carbons (Fsp3) is 0.455. The van der Waals surface area contributed by atoms with Crippen LogP contribution < -0.4 is 10.5 Å². The van der Waals surface area contributed by atoms with Crippen LogP contribution in [-0.2, 0) is 0 Å². The number of anilines is 1. The molecule has 1 aromatic rings. The average molecular weight is 179 g/mol. The maximum Gasteiger partial charge on any atom is 0.125 e. The number of hydrogen-bond donors (Lipinski definition) is 1. The summed E-state index contributed by atoms with van der Waals surface area (Å²) < 4.78 is 5.73. The molecule has 0 radical (unpaired) electrons. The Hall–Kier alpha value is -1.18. The van der Waals surface area contributed by atoms with E-state index in [2.05, 4.69) is 0 Å². The first-order valence-corrected chi connectivity index (χ1v) is 4.43. The smallest absolute Gasteiger partial charge is 0.125 e. The molecular weight excluding hydrogens is 162 g/mol. The number of nitrogen functional groups attached to an aromatic ring is 1. The van der Waals surface area contributed by atoms with Gasteiger partial charge in [0.2, 0.25) is 0 Å². The molecular formula is C11H17NO. The van der Waals surface area contributed by atoms with E-state index in [4.69, 9.17) is 10.5 Å². The summed E-state index contributed by atoms with van der Waals surface area (Å²) in [4.78, 5) is 0.